The van der Waals surface area contributed by atoms with Crippen LogP contribution in [0.4, 0.5) is 13.2 Å². The average Bonchev–Trinajstić information content (AvgIpc) is 3.28. The predicted octanol–water partition coefficient (Wildman–Crippen LogP) is 4.16. The zero-order valence-electron chi connectivity index (χ0n) is 18.0. The fraction of sp³-hybridized carbons (Fsp3) is 0.565. The van der Waals surface area contributed by atoms with Crippen molar-refractivity contribution in [3.63, 3.8) is 0 Å². The van der Waals surface area contributed by atoms with E-state index in [1.165, 1.54) is 44.2 Å². The van der Waals surface area contributed by atoms with Gasteiger partial charge in [0.05, 0.1) is 5.56 Å². The van der Waals surface area contributed by atoms with Gasteiger partial charge in [-0.2, -0.15) is 13.2 Å². The summed E-state index contributed by atoms with van der Waals surface area (Å²) in [6.07, 6.45) is 4.14. The number of carboxylic acids is 2. The van der Waals surface area contributed by atoms with Crippen molar-refractivity contribution < 1.29 is 33.0 Å². The number of halogens is 3. The van der Waals surface area contributed by atoms with Gasteiger partial charge in [-0.1, -0.05) is 37.5 Å². The largest absolute Gasteiger partial charge is 0.478 e. The van der Waals surface area contributed by atoms with Gasteiger partial charge in [0.2, 0.25) is 0 Å². The first-order chi connectivity index (χ1) is 15.2. The van der Waals surface area contributed by atoms with Crippen LogP contribution >= 0.6 is 0 Å². The van der Waals surface area contributed by atoms with Gasteiger partial charge < -0.3 is 15.5 Å². The fourth-order valence-electron chi connectivity index (χ4n) is 4.29. The number of rotatable bonds is 7. The molecule has 0 bridgehead atoms. The molecule has 0 amide bonds. The monoisotopic (exact) mass is 456 g/mol. The van der Waals surface area contributed by atoms with E-state index < -0.39 is 23.7 Å². The van der Waals surface area contributed by atoms with E-state index in [-0.39, 0.29) is 0 Å². The quantitative estimate of drug-likeness (QED) is 0.534. The van der Waals surface area contributed by atoms with Crippen LogP contribution in [-0.4, -0.2) is 52.7 Å². The molecule has 6 nitrogen and oxygen atoms in total. The first-order valence-corrected chi connectivity index (χ1v) is 10.9. The molecule has 1 heterocycles. The van der Waals surface area contributed by atoms with E-state index in [0.717, 1.165) is 26.1 Å². The molecule has 32 heavy (non-hydrogen) atoms. The number of alkyl halides is 3. The maximum Gasteiger partial charge on any atom is 0.416 e. The maximum atomic E-state index is 13.3. The SMILES string of the molecule is FC(F)(F)c1ccccc1CN(CC1CCCCC1)[C@H]1CCNC1.O=C(O)C=CC(=O)O. The highest BCUT2D eigenvalue weighted by Gasteiger charge is 2.34. The molecule has 9 heteroatoms. The number of hydrogen-bond donors (Lipinski definition) is 3. The predicted molar refractivity (Wildman–Crippen MR) is 114 cm³/mol. The summed E-state index contributed by atoms with van der Waals surface area (Å²) in [7, 11) is 0. The van der Waals surface area contributed by atoms with E-state index in [9.17, 15) is 22.8 Å². The van der Waals surface area contributed by atoms with Crippen molar-refractivity contribution in [2.24, 2.45) is 5.92 Å². The molecule has 1 aliphatic carbocycles. The first kappa shape index (κ1) is 25.9. The molecule has 1 saturated carbocycles. The molecule has 2 aliphatic rings. The van der Waals surface area contributed by atoms with Gasteiger partial charge in [-0.3, -0.25) is 4.90 Å². The Morgan fingerprint density at radius 3 is 2.19 bits per heavy atom. The third-order valence-electron chi connectivity index (χ3n) is 5.83. The molecule has 2 fully saturated rings. The zero-order chi connectivity index (χ0) is 23.6. The Morgan fingerprint density at radius 2 is 1.66 bits per heavy atom. The Hall–Kier alpha value is -2.39. The average molecular weight is 457 g/mol. The molecule has 1 aromatic carbocycles. The minimum absolute atomic E-state index is 0.355. The zero-order valence-corrected chi connectivity index (χ0v) is 18.0. The minimum atomic E-state index is -4.28. The maximum absolute atomic E-state index is 13.3. The van der Waals surface area contributed by atoms with E-state index in [1.54, 1.807) is 12.1 Å². The van der Waals surface area contributed by atoms with Crippen LogP contribution in [0.25, 0.3) is 0 Å². The molecular weight excluding hydrogens is 425 g/mol. The van der Waals surface area contributed by atoms with Crippen molar-refractivity contribution in [2.45, 2.75) is 57.3 Å². The Morgan fingerprint density at radius 1 is 1.03 bits per heavy atom. The lowest BCUT2D eigenvalue weighted by molar-refractivity contribution is -0.138. The Balaban J connectivity index is 0.000000390. The van der Waals surface area contributed by atoms with Crippen LogP contribution in [0.5, 0.6) is 0 Å². The highest BCUT2D eigenvalue weighted by atomic mass is 19.4. The molecule has 1 aromatic rings. The molecular formula is C23H31F3N2O4. The Kier molecular flexibility index (Phi) is 10.2. The van der Waals surface area contributed by atoms with Gasteiger partial charge in [-0.25, -0.2) is 9.59 Å². The topological polar surface area (TPSA) is 89.9 Å². The van der Waals surface area contributed by atoms with Gasteiger partial charge in [-0.15, -0.1) is 0 Å². The van der Waals surface area contributed by atoms with Crippen molar-refractivity contribution in [2.75, 3.05) is 19.6 Å². The second kappa shape index (κ2) is 12.6. The lowest BCUT2D eigenvalue weighted by atomic mass is 9.88. The minimum Gasteiger partial charge on any atom is -0.478 e. The number of hydrogen-bond acceptors (Lipinski definition) is 4. The Labute approximate surface area is 186 Å². The highest BCUT2D eigenvalue weighted by Crippen LogP contribution is 2.33. The van der Waals surface area contributed by atoms with E-state index >= 15 is 0 Å². The first-order valence-electron chi connectivity index (χ1n) is 10.9. The third-order valence-corrected chi connectivity index (χ3v) is 5.83. The van der Waals surface area contributed by atoms with Crippen LogP contribution in [0.2, 0.25) is 0 Å². The summed E-state index contributed by atoms with van der Waals surface area (Å²) >= 11 is 0. The van der Waals surface area contributed by atoms with Crippen LogP contribution in [0, 0.1) is 5.92 Å². The van der Waals surface area contributed by atoms with Crippen molar-refractivity contribution in [3.8, 4) is 0 Å². The molecule has 0 spiro atoms. The normalized spacial score (nSPS) is 19.7. The molecule has 1 atom stereocenters. The molecule has 0 radical (unpaired) electrons. The summed E-state index contributed by atoms with van der Waals surface area (Å²) < 4.78 is 39.9. The summed E-state index contributed by atoms with van der Waals surface area (Å²) in [6.45, 7) is 3.19. The van der Waals surface area contributed by atoms with Crippen molar-refractivity contribution in [1.82, 2.24) is 10.2 Å². The number of benzene rings is 1. The highest BCUT2D eigenvalue weighted by molar-refractivity contribution is 5.89. The van der Waals surface area contributed by atoms with E-state index in [2.05, 4.69) is 10.2 Å². The number of nitrogens with one attached hydrogen (secondary N) is 1. The molecule has 1 aliphatic heterocycles. The van der Waals surface area contributed by atoms with Crippen LogP contribution in [-0.2, 0) is 22.3 Å². The van der Waals surface area contributed by atoms with Gasteiger partial charge >= 0.3 is 18.1 Å². The van der Waals surface area contributed by atoms with Crippen molar-refractivity contribution in [1.29, 1.82) is 0 Å². The van der Waals surface area contributed by atoms with E-state index in [0.29, 0.717) is 36.2 Å². The Bertz CT molecular complexity index is 755. The molecule has 0 aromatic heterocycles. The summed E-state index contributed by atoms with van der Waals surface area (Å²) in [6, 6.07) is 6.40. The second-order valence-corrected chi connectivity index (χ2v) is 8.24. The molecule has 0 unspecified atom stereocenters. The number of carboxylic acid groups (broad SMARTS) is 2. The van der Waals surface area contributed by atoms with Gasteiger partial charge in [0.1, 0.15) is 0 Å². The van der Waals surface area contributed by atoms with Crippen LogP contribution in [0.15, 0.2) is 36.4 Å². The van der Waals surface area contributed by atoms with Gasteiger partial charge in [0.25, 0.3) is 0 Å². The third kappa shape index (κ3) is 9.00. The number of carbonyl (C=O) groups is 2. The van der Waals surface area contributed by atoms with Crippen molar-refractivity contribution >= 4 is 11.9 Å². The van der Waals surface area contributed by atoms with Gasteiger partial charge in [0.15, 0.2) is 0 Å². The van der Waals surface area contributed by atoms with Crippen LogP contribution in [0.3, 0.4) is 0 Å². The summed E-state index contributed by atoms with van der Waals surface area (Å²) in [5.41, 5.74) is -0.0719. The standard InChI is InChI=1S/C19H27F3N2.C4H4O4/c20-19(21,22)18-9-5-4-8-16(18)14-24(17-10-11-23-12-17)13-15-6-2-1-3-7-15;5-3(6)1-2-4(7)8/h4-5,8-9,15,17,23H,1-3,6-7,10-14H2;1-2H,(H,5,6)(H,7,8)/t17-;/m0./s1. The molecule has 3 rings (SSSR count). The summed E-state index contributed by atoms with van der Waals surface area (Å²) in [4.78, 5) is 21.4. The smallest absolute Gasteiger partial charge is 0.416 e. The number of aliphatic carboxylic acids is 2. The van der Waals surface area contributed by atoms with Crippen LogP contribution in [0.1, 0.15) is 49.7 Å². The lowest BCUT2D eigenvalue weighted by Crippen LogP contribution is -2.40. The summed E-state index contributed by atoms with van der Waals surface area (Å²) in [5, 5.41) is 19.0. The van der Waals surface area contributed by atoms with E-state index in [1.807, 2.05) is 0 Å². The van der Waals surface area contributed by atoms with E-state index in [4.69, 9.17) is 10.2 Å². The lowest BCUT2D eigenvalue weighted by Gasteiger charge is -2.34. The van der Waals surface area contributed by atoms with Crippen LogP contribution < -0.4 is 5.32 Å². The second-order valence-electron chi connectivity index (χ2n) is 8.24. The fourth-order valence-corrected chi connectivity index (χ4v) is 4.29. The van der Waals surface area contributed by atoms with Crippen molar-refractivity contribution in [3.05, 3.63) is 47.5 Å². The molecule has 3 N–H and O–H groups in total. The van der Waals surface area contributed by atoms with Gasteiger partial charge in [-0.05, 0) is 43.4 Å². The number of nitrogens with zero attached hydrogens (tertiary/aromatic N) is 1. The summed E-state index contributed by atoms with van der Waals surface area (Å²) in [5.74, 6) is -1.88. The molecule has 178 valence electrons. The molecule has 1 saturated heterocycles. The van der Waals surface area contributed by atoms with Gasteiger partial charge in [0, 0.05) is 37.8 Å².